The van der Waals surface area contributed by atoms with E-state index in [4.69, 9.17) is 21.1 Å². The number of para-hydroxylation sites is 1. The molecule has 9 heteroatoms. The van der Waals surface area contributed by atoms with Crippen molar-refractivity contribution in [1.82, 2.24) is 9.55 Å². The molecular formula is C25H20ClN3O5. The molecule has 172 valence electrons. The summed E-state index contributed by atoms with van der Waals surface area (Å²) in [5.41, 5.74) is 1.56. The van der Waals surface area contributed by atoms with Crippen molar-refractivity contribution in [2.75, 3.05) is 11.9 Å². The lowest BCUT2D eigenvalue weighted by Crippen LogP contribution is -2.28. The van der Waals surface area contributed by atoms with Gasteiger partial charge in [0, 0.05) is 5.02 Å². The quantitative estimate of drug-likeness (QED) is 0.398. The van der Waals surface area contributed by atoms with E-state index in [1.807, 2.05) is 19.1 Å². The van der Waals surface area contributed by atoms with Crippen molar-refractivity contribution in [2.24, 2.45) is 0 Å². The Labute approximate surface area is 199 Å². The van der Waals surface area contributed by atoms with Crippen LogP contribution >= 0.6 is 11.6 Å². The summed E-state index contributed by atoms with van der Waals surface area (Å²) in [7, 11) is 0. The van der Waals surface area contributed by atoms with Gasteiger partial charge in [0.05, 0.1) is 22.9 Å². The van der Waals surface area contributed by atoms with Gasteiger partial charge < -0.3 is 14.8 Å². The highest BCUT2D eigenvalue weighted by molar-refractivity contribution is 6.31. The Balaban J connectivity index is 1.38. The Morgan fingerprint density at radius 2 is 1.82 bits per heavy atom. The molecule has 0 aliphatic rings. The van der Waals surface area contributed by atoms with Gasteiger partial charge >= 0.3 is 5.97 Å². The maximum Gasteiger partial charge on any atom is 0.326 e. The molecule has 34 heavy (non-hydrogen) atoms. The van der Waals surface area contributed by atoms with Gasteiger partial charge in [-0.3, -0.25) is 19.0 Å². The third-order valence-electron chi connectivity index (χ3n) is 4.86. The Hall–Kier alpha value is -4.17. The number of fused-ring (bicyclic) bond motifs is 1. The van der Waals surface area contributed by atoms with E-state index >= 15 is 0 Å². The van der Waals surface area contributed by atoms with Gasteiger partial charge in [-0.1, -0.05) is 41.4 Å². The molecule has 0 fully saturated rings. The molecule has 0 radical (unpaired) electrons. The average Bonchev–Trinajstić information content (AvgIpc) is 2.83. The number of nitrogens with zero attached hydrogens (tertiary/aromatic N) is 2. The summed E-state index contributed by atoms with van der Waals surface area (Å²) in [6, 6.07) is 19.0. The largest absolute Gasteiger partial charge is 0.455 e. The molecule has 0 atom stereocenters. The minimum Gasteiger partial charge on any atom is -0.455 e. The average molecular weight is 478 g/mol. The predicted octanol–water partition coefficient (Wildman–Crippen LogP) is 4.33. The van der Waals surface area contributed by atoms with Gasteiger partial charge in [0.2, 0.25) is 0 Å². The molecule has 8 nitrogen and oxygen atoms in total. The smallest absolute Gasteiger partial charge is 0.326 e. The second-order valence-electron chi connectivity index (χ2n) is 7.46. The van der Waals surface area contributed by atoms with Gasteiger partial charge in [-0.15, -0.1) is 0 Å². The zero-order valence-electron chi connectivity index (χ0n) is 18.2. The van der Waals surface area contributed by atoms with Crippen LogP contribution in [0.2, 0.25) is 5.02 Å². The predicted molar refractivity (Wildman–Crippen MR) is 128 cm³/mol. The van der Waals surface area contributed by atoms with E-state index in [1.54, 1.807) is 48.5 Å². The van der Waals surface area contributed by atoms with Crippen LogP contribution in [0.5, 0.6) is 11.5 Å². The van der Waals surface area contributed by atoms with Crippen LogP contribution in [0, 0.1) is 6.92 Å². The third-order valence-corrected chi connectivity index (χ3v) is 5.09. The fourth-order valence-electron chi connectivity index (χ4n) is 3.16. The number of aromatic nitrogens is 2. The number of carbonyl (C=O) groups is 2. The van der Waals surface area contributed by atoms with Crippen molar-refractivity contribution in [3.63, 3.8) is 0 Å². The third kappa shape index (κ3) is 5.60. The summed E-state index contributed by atoms with van der Waals surface area (Å²) in [6.07, 6.45) is 1.27. The first-order valence-corrected chi connectivity index (χ1v) is 10.7. The van der Waals surface area contributed by atoms with Crippen LogP contribution in [0.4, 0.5) is 5.69 Å². The van der Waals surface area contributed by atoms with Crippen LogP contribution in [0.15, 0.2) is 77.9 Å². The lowest BCUT2D eigenvalue weighted by atomic mass is 10.2. The van der Waals surface area contributed by atoms with E-state index in [2.05, 4.69) is 10.3 Å². The topological polar surface area (TPSA) is 99.5 Å². The molecule has 0 spiro atoms. The van der Waals surface area contributed by atoms with Crippen LogP contribution in [0.25, 0.3) is 10.9 Å². The lowest BCUT2D eigenvalue weighted by molar-refractivity contribution is -0.147. The fraction of sp³-hybridized carbons (Fsp3) is 0.120. The number of halogens is 1. The molecule has 0 aliphatic heterocycles. The molecule has 1 heterocycles. The number of anilines is 1. The summed E-state index contributed by atoms with van der Waals surface area (Å²) in [4.78, 5) is 41.3. The SMILES string of the molecule is Cc1ccc(Oc2ccc(Cl)cc2NC(=O)COC(=O)Cn2cnc3ccccc3c2=O)cc1. The molecule has 3 aromatic carbocycles. The van der Waals surface area contributed by atoms with Crippen molar-refractivity contribution in [3.05, 3.63) is 94.0 Å². The summed E-state index contributed by atoms with van der Waals surface area (Å²) >= 11 is 6.07. The van der Waals surface area contributed by atoms with Gasteiger partial charge in [-0.25, -0.2) is 4.98 Å². The van der Waals surface area contributed by atoms with E-state index in [1.165, 1.54) is 12.4 Å². The van der Waals surface area contributed by atoms with Crippen molar-refractivity contribution >= 4 is 40.1 Å². The maximum absolute atomic E-state index is 12.5. The molecule has 0 bridgehead atoms. The number of rotatable bonds is 7. The number of nitrogens with one attached hydrogen (secondary N) is 1. The number of aryl methyl sites for hydroxylation is 1. The van der Waals surface area contributed by atoms with E-state index in [0.717, 1.165) is 10.1 Å². The minimum atomic E-state index is -0.753. The van der Waals surface area contributed by atoms with Gasteiger partial charge in [0.15, 0.2) is 12.4 Å². The first-order valence-electron chi connectivity index (χ1n) is 10.3. The zero-order chi connectivity index (χ0) is 24.1. The van der Waals surface area contributed by atoms with Crippen molar-refractivity contribution in [2.45, 2.75) is 13.5 Å². The Morgan fingerprint density at radius 1 is 1.06 bits per heavy atom. The molecular weight excluding hydrogens is 458 g/mol. The summed E-state index contributed by atoms with van der Waals surface area (Å²) in [5, 5.41) is 3.41. The minimum absolute atomic E-state index is 0.323. The Kier molecular flexibility index (Phi) is 6.89. The molecule has 1 N–H and O–H groups in total. The van der Waals surface area contributed by atoms with E-state index in [9.17, 15) is 14.4 Å². The lowest BCUT2D eigenvalue weighted by Gasteiger charge is -2.13. The van der Waals surface area contributed by atoms with Crippen molar-refractivity contribution in [1.29, 1.82) is 0 Å². The highest BCUT2D eigenvalue weighted by atomic mass is 35.5. The van der Waals surface area contributed by atoms with Gasteiger partial charge in [0.1, 0.15) is 12.3 Å². The second kappa shape index (κ2) is 10.2. The van der Waals surface area contributed by atoms with Crippen molar-refractivity contribution < 1.29 is 19.1 Å². The van der Waals surface area contributed by atoms with Gasteiger partial charge in [0.25, 0.3) is 11.5 Å². The molecule has 0 saturated heterocycles. The maximum atomic E-state index is 12.5. The van der Waals surface area contributed by atoms with Crippen LogP contribution in [0.3, 0.4) is 0 Å². The number of ether oxygens (including phenoxy) is 2. The molecule has 1 aromatic heterocycles. The highest BCUT2D eigenvalue weighted by Gasteiger charge is 2.14. The Bertz CT molecular complexity index is 1420. The number of hydrogen-bond acceptors (Lipinski definition) is 6. The van der Waals surface area contributed by atoms with Crippen molar-refractivity contribution in [3.8, 4) is 11.5 Å². The molecule has 1 amide bonds. The first-order chi connectivity index (χ1) is 16.4. The molecule has 0 aliphatic carbocycles. The number of amides is 1. The van der Waals surface area contributed by atoms with Crippen LogP contribution in [-0.4, -0.2) is 28.0 Å². The Morgan fingerprint density at radius 3 is 2.62 bits per heavy atom. The summed E-state index contributed by atoms with van der Waals surface area (Å²) in [6.45, 7) is 1.04. The number of benzene rings is 3. The van der Waals surface area contributed by atoms with E-state index in [-0.39, 0.29) is 12.1 Å². The zero-order valence-corrected chi connectivity index (χ0v) is 18.9. The monoisotopic (exact) mass is 477 g/mol. The normalized spacial score (nSPS) is 10.6. The second-order valence-corrected chi connectivity index (χ2v) is 7.90. The number of carbonyl (C=O) groups excluding carboxylic acids is 2. The fourth-order valence-corrected chi connectivity index (χ4v) is 3.33. The van der Waals surface area contributed by atoms with Gasteiger partial charge in [-0.05, 0) is 49.4 Å². The molecule has 4 rings (SSSR count). The van der Waals surface area contributed by atoms with Gasteiger partial charge in [-0.2, -0.15) is 0 Å². The first kappa shape index (κ1) is 23.0. The molecule has 0 saturated carbocycles. The highest BCUT2D eigenvalue weighted by Crippen LogP contribution is 2.32. The number of hydrogen-bond donors (Lipinski definition) is 1. The van der Waals surface area contributed by atoms with E-state index in [0.29, 0.717) is 33.1 Å². The van der Waals surface area contributed by atoms with Crippen LogP contribution in [-0.2, 0) is 20.9 Å². The van der Waals surface area contributed by atoms with Crippen LogP contribution < -0.4 is 15.6 Å². The summed E-state index contributed by atoms with van der Waals surface area (Å²) in [5.74, 6) is -0.379. The van der Waals surface area contributed by atoms with E-state index < -0.39 is 18.5 Å². The number of esters is 1. The summed E-state index contributed by atoms with van der Waals surface area (Å²) < 4.78 is 12.0. The molecule has 4 aromatic rings. The molecule has 0 unspecified atom stereocenters. The standard InChI is InChI=1S/C25H20ClN3O5/c1-16-6-9-18(10-7-16)34-22-11-8-17(26)12-21(22)28-23(30)14-33-24(31)13-29-15-27-20-5-3-2-4-19(20)25(29)32/h2-12,15H,13-14H2,1H3,(H,28,30). The van der Waals surface area contributed by atoms with Crippen LogP contribution in [0.1, 0.15) is 5.56 Å².